The smallest absolute Gasteiger partial charge is 0.328 e. The Morgan fingerprint density at radius 3 is 2.67 bits per heavy atom. The lowest BCUT2D eigenvalue weighted by atomic mass is 9.96. The third-order valence-corrected chi connectivity index (χ3v) is 5.02. The highest BCUT2D eigenvalue weighted by molar-refractivity contribution is 6.30. The molecule has 2 N–H and O–H groups in total. The molecule has 8 heteroatoms. The van der Waals surface area contributed by atoms with Crippen LogP contribution in [-0.4, -0.2) is 46.6 Å². The number of urea groups is 1. The van der Waals surface area contributed by atoms with Crippen LogP contribution in [0.2, 0.25) is 5.02 Å². The Morgan fingerprint density at radius 2 is 2.04 bits per heavy atom. The second kappa shape index (κ2) is 8.00. The molecule has 2 amide bonds. The lowest BCUT2D eigenvalue weighted by molar-refractivity contribution is -0.144. The van der Waals surface area contributed by atoms with E-state index in [1.807, 2.05) is 26.0 Å². The van der Waals surface area contributed by atoms with E-state index in [-0.39, 0.29) is 18.0 Å². The van der Waals surface area contributed by atoms with Crippen molar-refractivity contribution in [3.8, 4) is 0 Å². The van der Waals surface area contributed by atoms with Crippen molar-refractivity contribution < 1.29 is 14.3 Å². The van der Waals surface area contributed by atoms with Crippen molar-refractivity contribution in [2.24, 2.45) is 5.92 Å². The number of nitrogens with one attached hydrogen (secondary N) is 2. The van der Waals surface area contributed by atoms with Gasteiger partial charge in [-0.2, -0.15) is 0 Å². The number of methoxy groups -OCH3 is 1. The first-order chi connectivity index (χ1) is 12.9. The number of hydrogen-bond donors (Lipinski definition) is 2. The molecule has 0 spiro atoms. The molecule has 0 fully saturated rings. The second-order valence-corrected chi connectivity index (χ2v) is 7.29. The van der Waals surface area contributed by atoms with Crippen molar-refractivity contribution in [3.05, 3.63) is 52.6 Å². The van der Waals surface area contributed by atoms with Gasteiger partial charge in [-0.15, -0.1) is 0 Å². The molecule has 3 rings (SSSR count). The van der Waals surface area contributed by atoms with E-state index >= 15 is 0 Å². The summed E-state index contributed by atoms with van der Waals surface area (Å²) in [6.45, 7) is 4.22. The third kappa shape index (κ3) is 3.93. The van der Waals surface area contributed by atoms with Gasteiger partial charge < -0.3 is 19.9 Å². The maximum Gasteiger partial charge on any atom is 0.328 e. The number of benzene rings is 1. The highest BCUT2D eigenvalue weighted by Gasteiger charge is 2.36. The minimum Gasteiger partial charge on any atom is -0.467 e. The molecule has 7 nitrogen and oxygen atoms in total. The van der Waals surface area contributed by atoms with Gasteiger partial charge in [0.25, 0.3) is 0 Å². The Bertz CT molecular complexity index is 819. The van der Waals surface area contributed by atoms with Crippen LogP contribution >= 0.6 is 11.6 Å². The van der Waals surface area contributed by atoms with Gasteiger partial charge in [-0.25, -0.2) is 14.6 Å². The molecule has 0 aliphatic carbocycles. The average Bonchev–Trinajstić information content (AvgIpc) is 3.13. The summed E-state index contributed by atoms with van der Waals surface area (Å²) < 4.78 is 4.83. The maximum absolute atomic E-state index is 13.1. The van der Waals surface area contributed by atoms with E-state index in [1.54, 1.807) is 23.4 Å². The first-order valence-corrected chi connectivity index (χ1v) is 9.22. The molecule has 0 unspecified atom stereocenters. The molecule has 1 aromatic carbocycles. The zero-order chi connectivity index (χ0) is 19.6. The van der Waals surface area contributed by atoms with Crippen molar-refractivity contribution in [1.29, 1.82) is 0 Å². The van der Waals surface area contributed by atoms with Gasteiger partial charge in [0.2, 0.25) is 0 Å². The number of ether oxygens (including phenoxy) is 1. The fourth-order valence-electron chi connectivity index (χ4n) is 3.32. The highest BCUT2D eigenvalue weighted by atomic mass is 35.5. The van der Waals surface area contributed by atoms with Gasteiger partial charge in [-0.1, -0.05) is 37.6 Å². The van der Waals surface area contributed by atoms with Crippen molar-refractivity contribution >= 4 is 23.6 Å². The zero-order valence-corrected chi connectivity index (χ0v) is 16.3. The van der Waals surface area contributed by atoms with E-state index in [9.17, 15) is 9.59 Å². The predicted octanol–water partition coefficient (Wildman–Crippen LogP) is 2.92. The van der Waals surface area contributed by atoms with E-state index < -0.39 is 12.0 Å². The van der Waals surface area contributed by atoms with E-state index in [0.717, 1.165) is 17.0 Å². The number of imidazole rings is 1. The minimum atomic E-state index is -0.714. The summed E-state index contributed by atoms with van der Waals surface area (Å²) in [4.78, 5) is 34.4. The molecule has 0 bridgehead atoms. The topological polar surface area (TPSA) is 87.3 Å². The van der Waals surface area contributed by atoms with Gasteiger partial charge >= 0.3 is 12.0 Å². The Morgan fingerprint density at radius 1 is 1.33 bits per heavy atom. The summed E-state index contributed by atoms with van der Waals surface area (Å²) in [5.41, 5.74) is 2.71. The van der Waals surface area contributed by atoms with Crippen molar-refractivity contribution in [1.82, 2.24) is 20.2 Å². The number of H-pyrrole nitrogens is 1. The number of amides is 2. The van der Waals surface area contributed by atoms with Gasteiger partial charge in [0.05, 0.1) is 19.1 Å². The monoisotopic (exact) mass is 390 g/mol. The molecule has 0 saturated carbocycles. The molecule has 2 aromatic rings. The van der Waals surface area contributed by atoms with Crippen molar-refractivity contribution in [2.75, 3.05) is 13.7 Å². The molecule has 0 radical (unpaired) electrons. The molecule has 0 saturated heterocycles. The Hall–Kier alpha value is -2.54. The van der Waals surface area contributed by atoms with Crippen molar-refractivity contribution in [2.45, 2.75) is 32.4 Å². The summed E-state index contributed by atoms with van der Waals surface area (Å²) in [5, 5.41) is 3.44. The number of carbonyl (C=O) groups is 2. The van der Waals surface area contributed by atoms with E-state index in [2.05, 4.69) is 15.3 Å². The van der Waals surface area contributed by atoms with Gasteiger partial charge in [0.1, 0.15) is 12.1 Å². The number of aromatic nitrogens is 2. The summed E-state index contributed by atoms with van der Waals surface area (Å²) in [7, 11) is 1.32. The molecular weight excluding hydrogens is 368 g/mol. The molecule has 1 aromatic heterocycles. The van der Waals surface area contributed by atoms with Crippen LogP contribution in [0.3, 0.4) is 0 Å². The van der Waals surface area contributed by atoms with Crippen molar-refractivity contribution in [3.63, 3.8) is 0 Å². The average molecular weight is 391 g/mol. The SMILES string of the molecule is COC(=O)[C@@H](NC(=O)N1CCc2[nH]cnc2[C@@H]1c1ccc(Cl)cc1)C(C)C. The summed E-state index contributed by atoms with van der Waals surface area (Å²) in [6.07, 6.45) is 2.30. The number of carbonyl (C=O) groups excluding carboxylic acids is 2. The van der Waals surface area contributed by atoms with Crippen LogP contribution in [0.1, 0.15) is 36.8 Å². The number of hydrogen-bond acceptors (Lipinski definition) is 4. The number of nitrogens with zero attached hydrogens (tertiary/aromatic N) is 2. The molecular formula is C19H23ClN4O3. The van der Waals surface area contributed by atoms with Crippen LogP contribution in [-0.2, 0) is 16.0 Å². The Kier molecular flexibility index (Phi) is 5.70. The predicted molar refractivity (Wildman–Crippen MR) is 101 cm³/mol. The zero-order valence-electron chi connectivity index (χ0n) is 15.5. The molecule has 144 valence electrons. The Balaban J connectivity index is 1.91. The molecule has 1 aliphatic rings. The molecule has 1 aliphatic heterocycles. The molecule has 2 heterocycles. The highest BCUT2D eigenvalue weighted by Crippen LogP contribution is 2.34. The summed E-state index contributed by atoms with van der Waals surface area (Å²) >= 11 is 6.02. The fraction of sp³-hybridized carbons (Fsp3) is 0.421. The largest absolute Gasteiger partial charge is 0.467 e. The lowest BCUT2D eigenvalue weighted by Gasteiger charge is -2.36. The molecule has 27 heavy (non-hydrogen) atoms. The standard InChI is InChI=1S/C19H23ClN4O3/c1-11(2)15(18(25)27-3)23-19(26)24-9-8-14-16(22-10-21-14)17(24)12-4-6-13(20)7-5-12/h4-7,10-11,15,17H,8-9H2,1-3H3,(H,21,22)(H,23,26)/t15-,17-/m0/s1. The van der Waals surface area contributed by atoms with E-state index in [1.165, 1.54) is 7.11 Å². The van der Waals surface area contributed by atoms with Gasteiger partial charge in [-0.05, 0) is 23.6 Å². The van der Waals surface area contributed by atoms with Crippen LogP contribution in [0, 0.1) is 5.92 Å². The van der Waals surface area contributed by atoms with E-state index in [4.69, 9.17) is 16.3 Å². The number of halogens is 1. The number of fused-ring (bicyclic) bond motifs is 1. The second-order valence-electron chi connectivity index (χ2n) is 6.86. The number of esters is 1. The number of aromatic amines is 1. The normalized spacial score (nSPS) is 17.4. The van der Waals surface area contributed by atoms with Gasteiger partial charge in [0.15, 0.2) is 0 Å². The van der Waals surface area contributed by atoms with Gasteiger partial charge in [-0.3, -0.25) is 0 Å². The summed E-state index contributed by atoms with van der Waals surface area (Å²) in [6, 6.07) is 5.96. The maximum atomic E-state index is 13.1. The minimum absolute atomic E-state index is 0.0962. The first kappa shape index (κ1) is 19.2. The lowest BCUT2D eigenvalue weighted by Crippen LogP contribution is -2.53. The van der Waals surface area contributed by atoms with Crippen LogP contribution in [0.4, 0.5) is 4.79 Å². The third-order valence-electron chi connectivity index (χ3n) is 4.77. The van der Waals surface area contributed by atoms with Crippen LogP contribution < -0.4 is 5.32 Å². The Labute approximate surface area is 163 Å². The van der Waals surface area contributed by atoms with E-state index in [0.29, 0.717) is 18.0 Å². The quantitative estimate of drug-likeness (QED) is 0.786. The van der Waals surface area contributed by atoms with Crippen LogP contribution in [0.25, 0.3) is 0 Å². The summed E-state index contributed by atoms with van der Waals surface area (Å²) in [5.74, 6) is -0.556. The van der Waals surface area contributed by atoms with Gasteiger partial charge in [0, 0.05) is 23.7 Å². The van der Waals surface area contributed by atoms with Crippen LogP contribution in [0.5, 0.6) is 0 Å². The van der Waals surface area contributed by atoms with Crippen LogP contribution in [0.15, 0.2) is 30.6 Å². The molecule has 2 atom stereocenters. The number of rotatable bonds is 4. The fourth-order valence-corrected chi connectivity index (χ4v) is 3.44. The first-order valence-electron chi connectivity index (χ1n) is 8.85.